The smallest absolute Gasteiger partial charge is 0.271 e. The highest BCUT2D eigenvalue weighted by Crippen LogP contribution is 2.35. The Bertz CT molecular complexity index is 1000. The van der Waals surface area contributed by atoms with Crippen LogP contribution < -0.4 is 0 Å². The highest BCUT2D eigenvalue weighted by Gasteiger charge is 2.44. The van der Waals surface area contributed by atoms with Crippen LogP contribution in [-0.2, 0) is 13.1 Å². The van der Waals surface area contributed by atoms with Gasteiger partial charge in [0.25, 0.3) is 5.91 Å². The minimum atomic E-state index is 0.0847. The number of amides is 1. The molecule has 2 aliphatic heterocycles. The van der Waals surface area contributed by atoms with Crippen LogP contribution in [0.2, 0.25) is 5.02 Å². The molecule has 2 aliphatic rings. The number of carbonyl (C=O) groups excluding carboxylic acids is 1. The van der Waals surface area contributed by atoms with E-state index in [1.54, 1.807) is 6.20 Å². The van der Waals surface area contributed by atoms with Gasteiger partial charge in [-0.25, -0.2) is 0 Å². The molecule has 0 aliphatic carbocycles. The summed E-state index contributed by atoms with van der Waals surface area (Å²) in [6.45, 7) is 3.12. The number of carbonyl (C=O) groups is 1. The molecular weight excluding hydrogens is 372 g/mol. The fraction of sp³-hybridized carbons (Fsp3) is 0.273. The second-order valence-electron chi connectivity index (χ2n) is 7.51. The molecule has 1 aromatic carbocycles. The first kappa shape index (κ1) is 17.5. The van der Waals surface area contributed by atoms with Crippen molar-refractivity contribution in [2.24, 2.45) is 0 Å². The summed E-state index contributed by atoms with van der Waals surface area (Å²) in [5, 5.41) is 0.758. The molecule has 5 nitrogen and oxygen atoms in total. The van der Waals surface area contributed by atoms with Gasteiger partial charge in [-0.2, -0.15) is 0 Å². The van der Waals surface area contributed by atoms with Crippen LogP contribution in [0.25, 0.3) is 0 Å². The molecule has 142 valence electrons. The van der Waals surface area contributed by atoms with Crippen LogP contribution in [0.3, 0.4) is 0 Å². The van der Waals surface area contributed by atoms with Crippen LogP contribution in [0.4, 0.5) is 0 Å². The van der Waals surface area contributed by atoms with E-state index in [-0.39, 0.29) is 18.0 Å². The lowest BCUT2D eigenvalue weighted by Crippen LogP contribution is -2.49. The van der Waals surface area contributed by atoms with Gasteiger partial charge in [-0.15, -0.1) is 0 Å². The Labute approximate surface area is 169 Å². The van der Waals surface area contributed by atoms with Crippen molar-refractivity contribution in [3.8, 4) is 0 Å². The Morgan fingerprint density at radius 1 is 1.00 bits per heavy atom. The summed E-state index contributed by atoms with van der Waals surface area (Å²) in [4.78, 5) is 22.0. The van der Waals surface area contributed by atoms with E-state index in [2.05, 4.69) is 20.5 Å². The molecule has 2 atom stereocenters. The molecule has 0 unspecified atom stereocenters. The molecule has 28 heavy (non-hydrogen) atoms. The molecule has 0 bridgehead atoms. The predicted octanol–water partition coefficient (Wildman–Crippen LogP) is 3.62. The molecule has 0 saturated carbocycles. The molecule has 1 saturated heterocycles. The summed E-state index contributed by atoms with van der Waals surface area (Å²) in [6.07, 6.45) is 3.82. The second kappa shape index (κ2) is 7.08. The van der Waals surface area contributed by atoms with Gasteiger partial charge < -0.3 is 9.47 Å². The zero-order chi connectivity index (χ0) is 19.1. The summed E-state index contributed by atoms with van der Waals surface area (Å²) in [6, 6.07) is 18.1. The molecule has 4 heterocycles. The summed E-state index contributed by atoms with van der Waals surface area (Å²) in [5.41, 5.74) is 2.88. The van der Waals surface area contributed by atoms with Crippen molar-refractivity contribution in [3.63, 3.8) is 0 Å². The number of hydrogen-bond acceptors (Lipinski definition) is 3. The third-order valence-corrected chi connectivity index (χ3v) is 5.94. The summed E-state index contributed by atoms with van der Waals surface area (Å²) < 4.78 is 2.15. The number of nitrogens with zero attached hydrogens (tertiary/aromatic N) is 4. The highest BCUT2D eigenvalue weighted by atomic mass is 35.5. The Balaban J connectivity index is 1.43. The topological polar surface area (TPSA) is 41.4 Å². The Kier molecular flexibility index (Phi) is 4.41. The number of pyridine rings is 1. The van der Waals surface area contributed by atoms with Crippen molar-refractivity contribution in [1.29, 1.82) is 0 Å². The van der Waals surface area contributed by atoms with Gasteiger partial charge in [0.2, 0.25) is 0 Å². The van der Waals surface area contributed by atoms with Crippen LogP contribution in [0.1, 0.15) is 27.8 Å². The standard InChI is InChI=1S/C22H21ClN4O/c23-17-6-3-5-16(11-17)12-25-14-20-21(15-25)27(13-18-7-1-2-9-24-18)22(28)19-8-4-10-26(19)20/h1-11,20-21H,12-15H2/t20-,21+/m0/s1. The molecule has 1 amide bonds. The van der Waals surface area contributed by atoms with Crippen molar-refractivity contribution in [2.45, 2.75) is 25.2 Å². The van der Waals surface area contributed by atoms with E-state index < -0.39 is 0 Å². The van der Waals surface area contributed by atoms with E-state index in [1.165, 1.54) is 5.56 Å². The van der Waals surface area contributed by atoms with Crippen LogP contribution in [0.15, 0.2) is 67.0 Å². The Hall–Kier alpha value is -2.63. The molecule has 5 rings (SSSR count). The second-order valence-corrected chi connectivity index (χ2v) is 7.95. The first-order valence-electron chi connectivity index (χ1n) is 9.53. The first-order chi connectivity index (χ1) is 13.7. The SMILES string of the molecule is O=C1c2cccn2[C@H]2CN(Cc3cccc(Cl)c3)C[C@H]2N1Cc1ccccn1. The maximum absolute atomic E-state index is 13.2. The summed E-state index contributed by atoms with van der Waals surface area (Å²) in [5.74, 6) is 0.0847. The van der Waals surface area contributed by atoms with E-state index in [1.807, 2.05) is 59.6 Å². The van der Waals surface area contributed by atoms with Crippen molar-refractivity contribution in [2.75, 3.05) is 13.1 Å². The average Bonchev–Trinajstić information content (AvgIpc) is 3.33. The minimum Gasteiger partial charge on any atom is -0.337 e. The van der Waals surface area contributed by atoms with E-state index in [0.29, 0.717) is 6.54 Å². The number of fused-ring (bicyclic) bond motifs is 3. The maximum Gasteiger partial charge on any atom is 0.271 e. The van der Waals surface area contributed by atoms with Gasteiger partial charge in [-0.1, -0.05) is 29.8 Å². The fourth-order valence-electron chi connectivity index (χ4n) is 4.47. The average molecular weight is 393 g/mol. The molecule has 3 aromatic rings. The lowest BCUT2D eigenvalue weighted by atomic mass is 10.1. The van der Waals surface area contributed by atoms with E-state index in [9.17, 15) is 4.79 Å². The van der Waals surface area contributed by atoms with Gasteiger partial charge in [-0.05, 0) is 42.0 Å². The predicted molar refractivity (Wildman–Crippen MR) is 108 cm³/mol. The third-order valence-electron chi connectivity index (χ3n) is 5.70. The van der Waals surface area contributed by atoms with Crippen LogP contribution in [-0.4, -0.2) is 44.4 Å². The van der Waals surface area contributed by atoms with E-state index in [0.717, 1.165) is 36.0 Å². The van der Waals surface area contributed by atoms with Gasteiger partial charge in [0.15, 0.2) is 0 Å². The van der Waals surface area contributed by atoms with Crippen LogP contribution >= 0.6 is 11.6 Å². The Morgan fingerprint density at radius 3 is 2.71 bits per heavy atom. The van der Waals surface area contributed by atoms with Crippen LogP contribution in [0, 0.1) is 0 Å². The van der Waals surface area contributed by atoms with Gasteiger partial charge in [0.1, 0.15) is 5.69 Å². The molecule has 6 heteroatoms. The van der Waals surface area contributed by atoms with Crippen molar-refractivity contribution < 1.29 is 4.79 Å². The summed E-state index contributed by atoms with van der Waals surface area (Å²) >= 11 is 6.15. The third kappa shape index (κ3) is 3.11. The van der Waals surface area contributed by atoms with Gasteiger partial charge >= 0.3 is 0 Å². The van der Waals surface area contributed by atoms with Crippen molar-refractivity contribution >= 4 is 17.5 Å². The molecule has 2 aromatic heterocycles. The number of benzene rings is 1. The summed E-state index contributed by atoms with van der Waals surface area (Å²) in [7, 11) is 0. The van der Waals surface area contributed by atoms with Crippen molar-refractivity contribution in [3.05, 3.63) is 89.0 Å². The normalized spacial score (nSPS) is 21.6. The van der Waals surface area contributed by atoms with Gasteiger partial charge in [0, 0.05) is 37.1 Å². The number of rotatable bonds is 4. The molecule has 0 N–H and O–H groups in total. The number of likely N-dealkylation sites (tertiary alicyclic amines) is 1. The lowest BCUT2D eigenvalue weighted by Gasteiger charge is -2.38. The van der Waals surface area contributed by atoms with E-state index >= 15 is 0 Å². The molecular formula is C22H21ClN4O. The fourth-order valence-corrected chi connectivity index (χ4v) is 4.68. The maximum atomic E-state index is 13.2. The van der Waals surface area contributed by atoms with Crippen LogP contribution in [0.5, 0.6) is 0 Å². The zero-order valence-electron chi connectivity index (χ0n) is 15.4. The largest absolute Gasteiger partial charge is 0.337 e. The minimum absolute atomic E-state index is 0.0847. The monoisotopic (exact) mass is 392 g/mol. The molecule has 0 radical (unpaired) electrons. The highest BCUT2D eigenvalue weighted by molar-refractivity contribution is 6.30. The van der Waals surface area contributed by atoms with Gasteiger partial charge in [-0.3, -0.25) is 14.7 Å². The molecule has 0 spiro atoms. The quantitative estimate of drug-likeness (QED) is 0.681. The van der Waals surface area contributed by atoms with E-state index in [4.69, 9.17) is 11.6 Å². The zero-order valence-corrected chi connectivity index (χ0v) is 16.2. The number of aromatic nitrogens is 2. The van der Waals surface area contributed by atoms with Crippen molar-refractivity contribution in [1.82, 2.24) is 19.4 Å². The Morgan fingerprint density at radius 2 is 1.89 bits per heavy atom. The molecule has 1 fully saturated rings. The number of hydrogen-bond donors (Lipinski definition) is 0. The number of halogens is 1. The van der Waals surface area contributed by atoms with Gasteiger partial charge in [0.05, 0.1) is 24.3 Å². The lowest BCUT2D eigenvalue weighted by molar-refractivity contribution is 0.0553. The first-order valence-corrected chi connectivity index (χ1v) is 9.91.